The van der Waals surface area contributed by atoms with Gasteiger partial charge < -0.3 is 19.5 Å². The lowest BCUT2D eigenvalue weighted by Gasteiger charge is -2.17. The number of halogens is 1. The van der Waals surface area contributed by atoms with Crippen LogP contribution in [0.5, 0.6) is 17.2 Å². The molecule has 1 heterocycles. The minimum absolute atomic E-state index is 0.00382. The van der Waals surface area contributed by atoms with Gasteiger partial charge in [0.15, 0.2) is 34.9 Å². The van der Waals surface area contributed by atoms with Gasteiger partial charge in [-0.15, -0.1) is 0 Å². The maximum atomic E-state index is 13.9. The maximum Gasteiger partial charge on any atom is 0.266 e. The van der Waals surface area contributed by atoms with Gasteiger partial charge in [-0.2, -0.15) is 0 Å². The number of carbonyl (C=O) groups is 1. The summed E-state index contributed by atoms with van der Waals surface area (Å²) in [4.78, 5) is 12.7. The number of hydrogen-bond acceptors (Lipinski definition) is 7. The molecule has 0 radical (unpaired) electrons. The highest BCUT2D eigenvalue weighted by Gasteiger charge is 2.24. The number of nitrogens with zero attached hydrogens (tertiary/aromatic N) is 2. The Bertz CT molecular complexity index is 1020. The molecule has 9 heteroatoms. The van der Waals surface area contributed by atoms with Gasteiger partial charge in [-0.25, -0.2) is 9.02 Å². The fraction of sp³-hybridized carbons (Fsp3) is 0.318. The molecule has 0 aliphatic heterocycles. The molecule has 2 aromatic carbocycles. The zero-order valence-corrected chi connectivity index (χ0v) is 17.6. The van der Waals surface area contributed by atoms with E-state index in [-0.39, 0.29) is 11.6 Å². The molecule has 31 heavy (non-hydrogen) atoms. The number of ether oxygens (including phenoxy) is 3. The van der Waals surface area contributed by atoms with Crippen LogP contribution in [0.25, 0.3) is 11.3 Å². The van der Waals surface area contributed by atoms with E-state index in [0.717, 1.165) is 0 Å². The summed E-state index contributed by atoms with van der Waals surface area (Å²) in [6.07, 6.45) is -0.612. The van der Waals surface area contributed by atoms with Crippen LogP contribution in [0.15, 0.2) is 47.1 Å². The second-order valence-electron chi connectivity index (χ2n) is 6.42. The lowest BCUT2D eigenvalue weighted by atomic mass is 10.1. The highest BCUT2D eigenvalue weighted by atomic mass is 19.1. The maximum absolute atomic E-state index is 13.9. The average Bonchev–Trinajstić information content (AvgIpc) is 3.22. The molecule has 0 bridgehead atoms. The van der Waals surface area contributed by atoms with Crippen molar-refractivity contribution in [3.63, 3.8) is 0 Å². The molecule has 0 spiro atoms. The van der Waals surface area contributed by atoms with E-state index in [1.807, 2.05) is 13.8 Å². The summed E-state index contributed by atoms with van der Waals surface area (Å²) in [5, 5.41) is 10.3. The van der Waals surface area contributed by atoms with Crippen LogP contribution < -0.4 is 19.5 Å². The summed E-state index contributed by atoms with van der Waals surface area (Å²) in [5.41, 5.74) is 0.935. The molecule has 0 aliphatic rings. The number of rotatable bonds is 10. The van der Waals surface area contributed by atoms with Gasteiger partial charge in [-0.3, -0.25) is 4.79 Å². The monoisotopic (exact) mass is 429 g/mol. The van der Waals surface area contributed by atoms with Crippen molar-refractivity contribution in [3.8, 4) is 28.5 Å². The molecule has 1 aromatic heterocycles. The molecule has 1 amide bonds. The number of anilines is 1. The third-order valence-electron chi connectivity index (χ3n) is 4.32. The van der Waals surface area contributed by atoms with Crippen LogP contribution in [-0.2, 0) is 4.79 Å². The molecule has 8 nitrogen and oxygen atoms in total. The molecule has 1 N–H and O–H groups in total. The number of para-hydroxylation sites is 1. The van der Waals surface area contributed by atoms with Gasteiger partial charge in [0.1, 0.15) is 0 Å². The van der Waals surface area contributed by atoms with Crippen molar-refractivity contribution in [1.29, 1.82) is 0 Å². The van der Waals surface area contributed by atoms with E-state index in [1.165, 1.54) is 12.1 Å². The smallest absolute Gasteiger partial charge is 0.266 e. The van der Waals surface area contributed by atoms with Gasteiger partial charge in [0.2, 0.25) is 5.82 Å². The number of hydrogen-bond donors (Lipinski definition) is 1. The van der Waals surface area contributed by atoms with Crippen molar-refractivity contribution in [2.45, 2.75) is 33.3 Å². The lowest BCUT2D eigenvalue weighted by Crippen LogP contribution is -2.32. The first kappa shape index (κ1) is 22.1. The SMILES string of the molecule is CCOc1ccc(-c2nonc2NC(=O)C(CC)Oc2ccccc2F)cc1OCC. The van der Waals surface area contributed by atoms with Gasteiger partial charge in [-0.05, 0) is 60.9 Å². The Morgan fingerprint density at radius 1 is 1.03 bits per heavy atom. The lowest BCUT2D eigenvalue weighted by molar-refractivity contribution is -0.122. The number of aromatic nitrogens is 2. The predicted molar refractivity (Wildman–Crippen MR) is 112 cm³/mol. The van der Waals surface area contributed by atoms with Crippen molar-refractivity contribution in [1.82, 2.24) is 10.3 Å². The third-order valence-corrected chi connectivity index (χ3v) is 4.32. The standard InChI is InChI=1S/C22H24FN3O5/c1-4-16(30-17-10-8-7-9-15(17)23)22(27)24-21-20(25-31-26-21)14-11-12-18(28-5-2)19(13-14)29-6-3/h7-13,16H,4-6H2,1-3H3,(H,24,26,27). The van der Waals surface area contributed by atoms with Crippen LogP contribution >= 0.6 is 0 Å². The Kier molecular flexibility index (Phi) is 7.42. The van der Waals surface area contributed by atoms with Crippen LogP contribution in [0.3, 0.4) is 0 Å². The number of nitrogens with one attached hydrogen (secondary N) is 1. The molecule has 0 saturated carbocycles. The first-order chi connectivity index (χ1) is 15.1. The van der Waals surface area contributed by atoms with Crippen molar-refractivity contribution in [2.24, 2.45) is 0 Å². The summed E-state index contributed by atoms with van der Waals surface area (Å²) < 4.78 is 35.5. The summed E-state index contributed by atoms with van der Waals surface area (Å²) in [6.45, 7) is 6.45. The molecular weight excluding hydrogens is 405 g/mol. The van der Waals surface area contributed by atoms with E-state index in [9.17, 15) is 9.18 Å². The van der Waals surface area contributed by atoms with Gasteiger partial charge in [0.25, 0.3) is 5.91 Å². The molecule has 1 atom stereocenters. The first-order valence-corrected chi connectivity index (χ1v) is 10.0. The average molecular weight is 429 g/mol. The van der Waals surface area contributed by atoms with E-state index >= 15 is 0 Å². The molecule has 0 saturated heterocycles. The quantitative estimate of drug-likeness (QED) is 0.508. The fourth-order valence-electron chi connectivity index (χ4n) is 2.87. The van der Waals surface area contributed by atoms with Crippen LogP contribution in [0.2, 0.25) is 0 Å². The first-order valence-electron chi connectivity index (χ1n) is 10.0. The van der Waals surface area contributed by atoms with E-state index in [2.05, 4.69) is 15.6 Å². The van der Waals surface area contributed by atoms with Gasteiger partial charge in [0, 0.05) is 5.56 Å². The van der Waals surface area contributed by atoms with Crippen LogP contribution in [0, 0.1) is 5.82 Å². The molecule has 164 valence electrons. The Labute approximate surface area is 179 Å². The molecule has 0 aliphatic carbocycles. The second-order valence-corrected chi connectivity index (χ2v) is 6.42. The molecule has 1 unspecified atom stereocenters. The molecular formula is C22H24FN3O5. The summed E-state index contributed by atoms with van der Waals surface area (Å²) in [6, 6.07) is 11.1. The Morgan fingerprint density at radius 2 is 1.77 bits per heavy atom. The van der Waals surface area contributed by atoms with Gasteiger partial charge >= 0.3 is 0 Å². The van der Waals surface area contributed by atoms with Gasteiger partial charge in [-0.1, -0.05) is 19.1 Å². The highest BCUT2D eigenvalue weighted by Crippen LogP contribution is 2.34. The number of amides is 1. The van der Waals surface area contributed by atoms with Crippen LogP contribution in [0.1, 0.15) is 27.2 Å². The third kappa shape index (κ3) is 5.30. The van der Waals surface area contributed by atoms with Crippen LogP contribution in [-0.4, -0.2) is 35.5 Å². The summed E-state index contributed by atoms with van der Waals surface area (Å²) >= 11 is 0. The Morgan fingerprint density at radius 3 is 2.48 bits per heavy atom. The van der Waals surface area contributed by atoms with Crippen molar-refractivity contribution in [2.75, 3.05) is 18.5 Å². The second kappa shape index (κ2) is 10.4. The minimum Gasteiger partial charge on any atom is -0.490 e. The van der Waals surface area contributed by atoms with E-state index < -0.39 is 17.8 Å². The Balaban J connectivity index is 1.80. The molecule has 3 aromatic rings. The van der Waals surface area contributed by atoms with Crippen LogP contribution in [0.4, 0.5) is 10.2 Å². The summed E-state index contributed by atoms with van der Waals surface area (Å²) in [7, 11) is 0. The molecule has 0 fully saturated rings. The van der Waals surface area contributed by atoms with E-state index in [0.29, 0.717) is 42.4 Å². The van der Waals surface area contributed by atoms with Crippen molar-refractivity contribution >= 4 is 11.7 Å². The fourth-order valence-corrected chi connectivity index (χ4v) is 2.87. The predicted octanol–water partition coefficient (Wildman–Crippen LogP) is 4.47. The Hall–Kier alpha value is -3.62. The van der Waals surface area contributed by atoms with Crippen molar-refractivity contribution < 1.29 is 28.0 Å². The zero-order valence-electron chi connectivity index (χ0n) is 17.6. The molecule has 3 rings (SSSR count). The highest BCUT2D eigenvalue weighted by molar-refractivity contribution is 5.96. The normalized spacial score (nSPS) is 11.6. The van der Waals surface area contributed by atoms with Gasteiger partial charge in [0.05, 0.1) is 13.2 Å². The van der Waals surface area contributed by atoms with E-state index in [1.54, 1.807) is 37.3 Å². The minimum atomic E-state index is -0.930. The largest absolute Gasteiger partial charge is 0.490 e. The summed E-state index contributed by atoms with van der Waals surface area (Å²) in [5.74, 6) is 0.202. The van der Waals surface area contributed by atoms with E-state index in [4.69, 9.17) is 18.8 Å². The zero-order chi connectivity index (χ0) is 22.2. The number of carbonyl (C=O) groups excluding carboxylic acids is 1. The number of benzene rings is 2. The topological polar surface area (TPSA) is 95.7 Å². The van der Waals surface area contributed by atoms with Crippen molar-refractivity contribution in [3.05, 3.63) is 48.3 Å².